The number of nitro groups is 1. The Morgan fingerprint density at radius 1 is 1.50 bits per heavy atom. The van der Waals surface area contributed by atoms with Crippen molar-refractivity contribution in [2.24, 2.45) is 0 Å². The topological polar surface area (TPSA) is 60.2 Å². The van der Waals surface area contributed by atoms with Crippen molar-refractivity contribution in [3.05, 3.63) is 39.2 Å². The number of Topliss-reactive ketones (excluding diaryl/α,β-unsaturated/α-hetero) is 1. The predicted molar refractivity (Wildman–Crippen MR) is 55.0 cm³/mol. The third-order valence-corrected chi connectivity index (χ3v) is 2.71. The van der Waals surface area contributed by atoms with E-state index >= 15 is 0 Å². The molecule has 0 heterocycles. The van der Waals surface area contributed by atoms with Gasteiger partial charge in [0.25, 0.3) is 0 Å². The maximum atomic E-state index is 13.4. The largest absolute Gasteiger partial charge is 0.305 e. The minimum atomic E-state index is -0.864. The number of benzene rings is 1. The van der Waals surface area contributed by atoms with Crippen LogP contribution < -0.4 is 0 Å². The van der Waals surface area contributed by atoms with Crippen LogP contribution in [0.3, 0.4) is 0 Å². The summed E-state index contributed by atoms with van der Waals surface area (Å²) in [4.78, 5) is 21.1. The maximum absolute atomic E-state index is 13.4. The molecule has 0 bridgehead atoms. The summed E-state index contributed by atoms with van der Waals surface area (Å²) in [6, 6.07) is 2.18. The van der Waals surface area contributed by atoms with Crippen LogP contribution in [0.2, 0.25) is 0 Å². The van der Waals surface area contributed by atoms with Gasteiger partial charge in [0.1, 0.15) is 0 Å². The Morgan fingerprint density at radius 3 is 2.56 bits per heavy atom. The molecule has 0 radical (unpaired) electrons. The van der Waals surface area contributed by atoms with Crippen molar-refractivity contribution in [3.8, 4) is 0 Å². The highest BCUT2D eigenvalue weighted by Crippen LogP contribution is 2.43. The van der Waals surface area contributed by atoms with Crippen LogP contribution in [0.15, 0.2) is 12.1 Å². The molecule has 1 aromatic carbocycles. The smallest absolute Gasteiger partial charge is 0.294 e. The Kier molecular flexibility index (Phi) is 2.46. The zero-order chi connectivity index (χ0) is 11.9. The second-order valence-electron chi connectivity index (χ2n) is 3.98. The SMILES string of the molecule is CC(=O)c1cc([N+](=O)[O-])c(F)cc1C1CC1. The van der Waals surface area contributed by atoms with Gasteiger partial charge in [-0.3, -0.25) is 14.9 Å². The van der Waals surface area contributed by atoms with Gasteiger partial charge in [0, 0.05) is 11.6 Å². The molecule has 1 aliphatic carbocycles. The Balaban J connectivity index is 2.58. The minimum Gasteiger partial charge on any atom is -0.294 e. The molecule has 0 atom stereocenters. The van der Waals surface area contributed by atoms with Crippen LogP contribution in [0.4, 0.5) is 10.1 Å². The van der Waals surface area contributed by atoms with Crippen LogP contribution in [0.1, 0.15) is 41.6 Å². The normalized spacial score (nSPS) is 14.9. The second-order valence-corrected chi connectivity index (χ2v) is 3.98. The summed E-state index contributed by atoms with van der Waals surface area (Å²) in [6.07, 6.45) is 1.83. The summed E-state index contributed by atoms with van der Waals surface area (Å²) in [5.41, 5.74) is 0.251. The third kappa shape index (κ3) is 1.80. The summed E-state index contributed by atoms with van der Waals surface area (Å²) < 4.78 is 13.4. The minimum absolute atomic E-state index is 0.189. The van der Waals surface area contributed by atoms with Crippen LogP contribution in [-0.2, 0) is 0 Å². The lowest BCUT2D eigenvalue weighted by Gasteiger charge is -2.05. The molecule has 1 fully saturated rings. The molecule has 84 valence electrons. The highest BCUT2D eigenvalue weighted by atomic mass is 19.1. The predicted octanol–water partition coefficient (Wildman–Crippen LogP) is 2.81. The molecule has 0 N–H and O–H groups in total. The van der Waals surface area contributed by atoms with E-state index in [0.29, 0.717) is 5.56 Å². The zero-order valence-electron chi connectivity index (χ0n) is 8.70. The molecular weight excluding hydrogens is 213 g/mol. The van der Waals surface area contributed by atoms with Crippen molar-refractivity contribution < 1.29 is 14.1 Å². The van der Waals surface area contributed by atoms with Crippen molar-refractivity contribution >= 4 is 11.5 Å². The number of nitro benzene ring substituents is 1. The molecule has 1 saturated carbocycles. The standard InChI is InChI=1S/C11H10FNO3/c1-6(14)8-5-11(13(15)16)10(12)4-9(8)7-2-3-7/h4-5,7H,2-3H2,1H3. The van der Waals surface area contributed by atoms with Crippen LogP contribution in [-0.4, -0.2) is 10.7 Å². The molecule has 0 aromatic heterocycles. The van der Waals surface area contributed by atoms with Gasteiger partial charge in [0.05, 0.1) is 4.92 Å². The number of ketones is 1. The summed E-state index contributed by atoms with van der Waals surface area (Å²) >= 11 is 0. The number of hydrogen-bond donors (Lipinski definition) is 0. The summed E-state index contributed by atoms with van der Waals surface area (Å²) in [5.74, 6) is -0.934. The molecular formula is C11H10FNO3. The molecule has 5 heteroatoms. The first kappa shape index (κ1) is 10.7. The van der Waals surface area contributed by atoms with Gasteiger partial charge >= 0.3 is 5.69 Å². The molecule has 0 aliphatic heterocycles. The van der Waals surface area contributed by atoms with Gasteiger partial charge in [-0.05, 0) is 37.3 Å². The second kappa shape index (κ2) is 3.66. The van der Waals surface area contributed by atoms with Gasteiger partial charge in [-0.2, -0.15) is 4.39 Å². The van der Waals surface area contributed by atoms with E-state index in [2.05, 4.69) is 0 Å². The average Bonchev–Trinajstić information content (AvgIpc) is 2.99. The molecule has 2 rings (SSSR count). The fourth-order valence-corrected chi connectivity index (χ4v) is 1.75. The van der Waals surface area contributed by atoms with E-state index in [1.165, 1.54) is 6.92 Å². The van der Waals surface area contributed by atoms with Gasteiger partial charge in [-0.15, -0.1) is 0 Å². The van der Waals surface area contributed by atoms with E-state index in [1.807, 2.05) is 0 Å². The Labute approximate surface area is 91.2 Å². The number of carbonyl (C=O) groups is 1. The van der Waals surface area contributed by atoms with Gasteiger partial charge < -0.3 is 0 Å². The van der Waals surface area contributed by atoms with Gasteiger partial charge in [-0.25, -0.2) is 0 Å². The first-order valence-electron chi connectivity index (χ1n) is 4.99. The van der Waals surface area contributed by atoms with Gasteiger partial charge in [-0.1, -0.05) is 0 Å². The molecule has 0 saturated heterocycles. The Morgan fingerprint density at radius 2 is 2.12 bits per heavy atom. The number of rotatable bonds is 3. The first-order valence-corrected chi connectivity index (χ1v) is 4.99. The van der Waals surface area contributed by atoms with Crippen molar-refractivity contribution in [3.63, 3.8) is 0 Å². The van der Waals surface area contributed by atoms with Crippen molar-refractivity contribution in [2.75, 3.05) is 0 Å². The zero-order valence-corrected chi connectivity index (χ0v) is 8.70. The third-order valence-electron chi connectivity index (χ3n) is 2.71. The summed E-state index contributed by atoms with van der Waals surface area (Å²) in [6.45, 7) is 1.34. The van der Waals surface area contributed by atoms with Crippen molar-refractivity contribution in [2.45, 2.75) is 25.7 Å². The van der Waals surface area contributed by atoms with Crippen LogP contribution in [0, 0.1) is 15.9 Å². The summed E-state index contributed by atoms with van der Waals surface area (Å²) in [5, 5.41) is 10.5. The van der Waals surface area contributed by atoms with Crippen molar-refractivity contribution in [1.29, 1.82) is 0 Å². The van der Waals surface area contributed by atoms with E-state index in [-0.39, 0.29) is 17.3 Å². The quantitative estimate of drug-likeness (QED) is 0.449. The molecule has 1 aromatic rings. The monoisotopic (exact) mass is 223 g/mol. The number of halogens is 1. The van der Waals surface area contributed by atoms with E-state index < -0.39 is 16.4 Å². The lowest BCUT2D eigenvalue weighted by molar-refractivity contribution is -0.387. The Hall–Kier alpha value is -1.78. The fraction of sp³-hybridized carbons (Fsp3) is 0.364. The van der Waals surface area contributed by atoms with Crippen LogP contribution in [0.5, 0.6) is 0 Å². The van der Waals surface area contributed by atoms with E-state index in [0.717, 1.165) is 25.0 Å². The molecule has 1 aliphatic rings. The van der Waals surface area contributed by atoms with E-state index in [4.69, 9.17) is 0 Å². The number of nitrogens with zero attached hydrogens (tertiary/aromatic N) is 1. The van der Waals surface area contributed by atoms with E-state index in [1.54, 1.807) is 0 Å². The molecule has 0 unspecified atom stereocenters. The number of hydrogen-bond acceptors (Lipinski definition) is 3. The van der Waals surface area contributed by atoms with Gasteiger partial charge in [0.2, 0.25) is 5.82 Å². The molecule has 0 spiro atoms. The maximum Gasteiger partial charge on any atom is 0.305 e. The lowest BCUT2D eigenvalue weighted by atomic mass is 9.99. The molecule has 16 heavy (non-hydrogen) atoms. The van der Waals surface area contributed by atoms with Crippen LogP contribution in [0.25, 0.3) is 0 Å². The number of carbonyl (C=O) groups excluding carboxylic acids is 1. The molecule has 0 amide bonds. The summed E-state index contributed by atoms with van der Waals surface area (Å²) in [7, 11) is 0. The van der Waals surface area contributed by atoms with Crippen molar-refractivity contribution in [1.82, 2.24) is 0 Å². The Bertz CT molecular complexity index is 480. The lowest BCUT2D eigenvalue weighted by Crippen LogP contribution is -2.03. The highest BCUT2D eigenvalue weighted by molar-refractivity contribution is 5.96. The highest BCUT2D eigenvalue weighted by Gasteiger charge is 2.30. The average molecular weight is 223 g/mol. The van der Waals surface area contributed by atoms with Gasteiger partial charge in [0.15, 0.2) is 5.78 Å². The molecule has 4 nitrogen and oxygen atoms in total. The van der Waals surface area contributed by atoms with Crippen LogP contribution >= 0.6 is 0 Å². The fourth-order valence-electron chi connectivity index (χ4n) is 1.75. The first-order chi connectivity index (χ1) is 7.50. The van der Waals surface area contributed by atoms with E-state index in [9.17, 15) is 19.3 Å².